The van der Waals surface area contributed by atoms with Crippen LogP contribution in [-0.4, -0.2) is 69.8 Å². The van der Waals surface area contributed by atoms with Gasteiger partial charge in [-0.05, 0) is 60.7 Å². The maximum absolute atomic E-state index is 12.6. The number of morpholine rings is 1. The van der Waals surface area contributed by atoms with Crippen LogP contribution in [0.2, 0.25) is 0 Å². The second kappa shape index (κ2) is 9.51. The highest BCUT2D eigenvalue weighted by molar-refractivity contribution is 5.94. The zero-order valence-electron chi connectivity index (χ0n) is 19.1. The summed E-state index contributed by atoms with van der Waals surface area (Å²) in [4.78, 5) is 19.3. The number of nitrogens with one attached hydrogen (secondary N) is 1. The molecule has 1 N–H and O–H groups in total. The number of rotatable bonds is 5. The van der Waals surface area contributed by atoms with Gasteiger partial charge in [0.2, 0.25) is 0 Å². The molecular formula is C26H34N4O2. The number of likely N-dealkylation sites (N-methyl/N-ethyl adjacent to an activating group) is 1. The Hall–Kier alpha value is -2.57. The quantitative estimate of drug-likeness (QED) is 0.784. The molecule has 2 aromatic carbocycles. The number of hydrogen-bond donors (Lipinski definition) is 1. The van der Waals surface area contributed by atoms with E-state index in [9.17, 15) is 4.79 Å². The van der Waals surface area contributed by atoms with Crippen LogP contribution < -0.4 is 15.1 Å². The molecule has 2 fully saturated rings. The predicted octanol–water partition coefficient (Wildman–Crippen LogP) is 2.91. The summed E-state index contributed by atoms with van der Waals surface area (Å²) in [6.45, 7) is 6.81. The summed E-state index contributed by atoms with van der Waals surface area (Å²) in [5.74, 6) is 0.112. The van der Waals surface area contributed by atoms with E-state index in [1.165, 1.54) is 22.5 Å². The van der Waals surface area contributed by atoms with E-state index in [-0.39, 0.29) is 5.91 Å². The number of hydrogen-bond acceptors (Lipinski definition) is 5. The summed E-state index contributed by atoms with van der Waals surface area (Å²) in [5.41, 5.74) is 6.25. The van der Waals surface area contributed by atoms with Crippen LogP contribution in [0, 0.1) is 0 Å². The van der Waals surface area contributed by atoms with E-state index >= 15 is 0 Å². The smallest absolute Gasteiger partial charge is 0.254 e. The van der Waals surface area contributed by atoms with Crippen molar-refractivity contribution in [2.24, 2.45) is 0 Å². The van der Waals surface area contributed by atoms with Crippen LogP contribution in [0.15, 0.2) is 42.5 Å². The minimum atomic E-state index is 0.112. The highest BCUT2D eigenvalue weighted by Crippen LogP contribution is 2.27. The first-order valence-electron chi connectivity index (χ1n) is 12.0. The van der Waals surface area contributed by atoms with Gasteiger partial charge in [-0.3, -0.25) is 4.79 Å². The SMILES string of the molecule is CN1CCc2cc(CNC3CCN(c4ccc(C(=O)N5CCOCC5)cc4)CC3)ccc21. The highest BCUT2D eigenvalue weighted by Gasteiger charge is 2.22. The average Bonchev–Trinajstić information content (AvgIpc) is 3.23. The van der Waals surface area contributed by atoms with Crippen LogP contribution in [0.1, 0.15) is 34.3 Å². The van der Waals surface area contributed by atoms with E-state index in [4.69, 9.17) is 4.74 Å². The van der Waals surface area contributed by atoms with E-state index in [0.29, 0.717) is 32.3 Å². The molecule has 2 saturated heterocycles. The molecule has 3 aliphatic rings. The number of carbonyl (C=O) groups is 1. The third kappa shape index (κ3) is 4.62. The van der Waals surface area contributed by atoms with Gasteiger partial charge in [-0.15, -0.1) is 0 Å². The van der Waals surface area contributed by atoms with Crippen LogP contribution in [-0.2, 0) is 17.7 Å². The van der Waals surface area contributed by atoms with Crippen LogP contribution in [0.5, 0.6) is 0 Å². The molecule has 0 bridgehead atoms. The van der Waals surface area contributed by atoms with E-state index < -0.39 is 0 Å². The standard InChI is InChI=1S/C26H34N4O2/c1-28-11-8-22-18-20(2-7-25(22)28)19-27-23-9-12-29(13-10-23)24-5-3-21(4-6-24)26(31)30-14-16-32-17-15-30/h2-7,18,23,27H,8-17,19H2,1H3. The van der Waals surface area contributed by atoms with Crippen molar-refractivity contribution in [2.75, 3.05) is 62.8 Å². The van der Waals surface area contributed by atoms with Crippen molar-refractivity contribution in [2.45, 2.75) is 31.8 Å². The topological polar surface area (TPSA) is 48.0 Å². The Morgan fingerprint density at radius 2 is 1.75 bits per heavy atom. The molecule has 3 heterocycles. The average molecular weight is 435 g/mol. The zero-order valence-corrected chi connectivity index (χ0v) is 19.1. The van der Waals surface area contributed by atoms with Gasteiger partial charge in [-0.2, -0.15) is 0 Å². The van der Waals surface area contributed by atoms with E-state index in [2.05, 4.69) is 52.5 Å². The molecule has 0 spiro atoms. The summed E-state index contributed by atoms with van der Waals surface area (Å²) in [6.07, 6.45) is 3.44. The lowest BCUT2D eigenvalue weighted by Crippen LogP contribution is -2.42. The van der Waals surface area contributed by atoms with Crippen molar-refractivity contribution in [1.29, 1.82) is 0 Å². The summed E-state index contributed by atoms with van der Waals surface area (Å²) in [7, 11) is 2.17. The maximum atomic E-state index is 12.6. The Morgan fingerprint density at radius 1 is 1.00 bits per heavy atom. The molecule has 6 heteroatoms. The predicted molar refractivity (Wildman–Crippen MR) is 129 cm³/mol. The fraction of sp³-hybridized carbons (Fsp3) is 0.500. The summed E-state index contributed by atoms with van der Waals surface area (Å²) in [6, 6.07) is 15.6. The van der Waals surface area contributed by atoms with Gasteiger partial charge >= 0.3 is 0 Å². The number of amides is 1. The minimum Gasteiger partial charge on any atom is -0.378 e. The second-order valence-corrected chi connectivity index (χ2v) is 9.23. The Bertz CT molecular complexity index is 931. The van der Waals surface area contributed by atoms with Crippen molar-refractivity contribution in [3.8, 4) is 0 Å². The second-order valence-electron chi connectivity index (χ2n) is 9.23. The minimum absolute atomic E-state index is 0.112. The molecule has 2 aromatic rings. The number of benzene rings is 2. The lowest BCUT2D eigenvalue weighted by molar-refractivity contribution is 0.0303. The van der Waals surface area contributed by atoms with Crippen molar-refractivity contribution in [3.63, 3.8) is 0 Å². The first-order chi connectivity index (χ1) is 15.7. The van der Waals surface area contributed by atoms with Gasteiger partial charge < -0.3 is 24.8 Å². The number of piperidine rings is 1. The Morgan fingerprint density at radius 3 is 2.50 bits per heavy atom. The largest absolute Gasteiger partial charge is 0.378 e. The summed E-state index contributed by atoms with van der Waals surface area (Å²) < 4.78 is 5.35. The fourth-order valence-electron chi connectivity index (χ4n) is 5.10. The molecule has 0 radical (unpaired) electrons. The zero-order chi connectivity index (χ0) is 21.9. The van der Waals surface area contributed by atoms with Crippen molar-refractivity contribution < 1.29 is 9.53 Å². The third-order valence-electron chi connectivity index (χ3n) is 7.14. The highest BCUT2D eigenvalue weighted by atomic mass is 16.5. The van der Waals surface area contributed by atoms with Gasteiger partial charge in [0.05, 0.1) is 13.2 Å². The molecule has 0 atom stereocenters. The first-order valence-corrected chi connectivity index (χ1v) is 12.0. The van der Waals surface area contributed by atoms with Crippen molar-refractivity contribution >= 4 is 17.3 Å². The van der Waals surface area contributed by atoms with Gasteiger partial charge in [0.15, 0.2) is 0 Å². The molecule has 32 heavy (non-hydrogen) atoms. The maximum Gasteiger partial charge on any atom is 0.254 e. The number of fused-ring (bicyclic) bond motifs is 1. The molecule has 170 valence electrons. The molecular weight excluding hydrogens is 400 g/mol. The molecule has 5 rings (SSSR count). The third-order valence-corrected chi connectivity index (χ3v) is 7.14. The number of carbonyl (C=O) groups excluding carboxylic acids is 1. The summed E-state index contributed by atoms with van der Waals surface area (Å²) in [5, 5.41) is 3.77. The van der Waals surface area contributed by atoms with E-state index in [1.54, 1.807) is 0 Å². The van der Waals surface area contributed by atoms with Gasteiger partial charge in [0.25, 0.3) is 5.91 Å². The fourth-order valence-corrected chi connectivity index (χ4v) is 5.10. The van der Waals surface area contributed by atoms with Crippen molar-refractivity contribution in [1.82, 2.24) is 10.2 Å². The van der Waals surface area contributed by atoms with Crippen LogP contribution in [0.3, 0.4) is 0 Å². The summed E-state index contributed by atoms with van der Waals surface area (Å²) >= 11 is 0. The van der Waals surface area contributed by atoms with Gasteiger partial charge in [-0.25, -0.2) is 0 Å². The Labute approximate surface area is 191 Å². The lowest BCUT2D eigenvalue weighted by Gasteiger charge is -2.34. The molecule has 6 nitrogen and oxygen atoms in total. The van der Waals surface area contributed by atoms with Gasteiger partial charge in [-0.1, -0.05) is 12.1 Å². The first kappa shape index (κ1) is 21.3. The molecule has 1 amide bonds. The normalized spacial score (nSPS) is 19.3. The Balaban J connectivity index is 1.10. The molecule has 0 aliphatic carbocycles. The molecule has 0 aromatic heterocycles. The molecule has 0 unspecified atom stereocenters. The van der Waals surface area contributed by atoms with E-state index in [0.717, 1.165) is 51.0 Å². The number of anilines is 2. The van der Waals surface area contributed by atoms with Crippen LogP contribution in [0.25, 0.3) is 0 Å². The number of ether oxygens (including phenoxy) is 1. The van der Waals surface area contributed by atoms with Crippen molar-refractivity contribution in [3.05, 3.63) is 59.2 Å². The Kier molecular flexibility index (Phi) is 6.32. The monoisotopic (exact) mass is 434 g/mol. The molecule has 0 saturated carbocycles. The van der Waals surface area contributed by atoms with Gasteiger partial charge in [0, 0.05) is 69.3 Å². The van der Waals surface area contributed by atoms with Crippen LogP contribution in [0.4, 0.5) is 11.4 Å². The molecule has 3 aliphatic heterocycles. The van der Waals surface area contributed by atoms with E-state index in [1.807, 2.05) is 17.0 Å². The van der Waals surface area contributed by atoms with Gasteiger partial charge in [0.1, 0.15) is 0 Å². The number of nitrogens with zero attached hydrogens (tertiary/aromatic N) is 3. The lowest BCUT2D eigenvalue weighted by atomic mass is 10.0. The van der Waals surface area contributed by atoms with Crippen LogP contribution >= 0.6 is 0 Å².